The van der Waals surface area contributed by atoms with E-state index in [0.29, 0.717) is 35.5 Å². The van der Waals surface area contributed by atoms with Crippen molar-refractivity contribution in [3.05, 3.63) is 59.8 Å². The van der Waals surface area contributed by atoms with Gasteiger partial charge >= 0.3 is 0 Å². The lowest BCUT2D eigenvalue weighted by Gasteiger charge is -2.55. The van der Waals surface area contributed by atoms with Crippen molar-refractivity contribution in [2.45, 2.75) is 75.9 Å². The molecule has 2 bridgehead atoms. The van der Waals surface area contributed by atoms with E-state index in [0.717, 1.165) is 30.2 Å². The fourth-order valence-electron chi connectivity index (χ4n) is 5.81. The van der Waals surface area contributed by atoms with Crippen LogP contribution in [0.4, 0.5) is 4.39 Å². The van der Waals surface area contributed by atoms with Crippen molar-refractivity contribution in [3.63, 3.8) is 0 Å². The molecule has 0 aliphatic carbocycles. The average Bonchev–Trinajstić information content (AvgIpc) is 2.97. The number of hydrogen-bond acceptors (Lipinski definition) is 6. The second kappa shape index (κ2) is 8.64. The highest BCUT2D eigenvalue weighted by atomic mass is 19.1. The van der Waals surface area contributed by atoms with E-state index in [1.807, 2.05) is 25.1 Å². The number of piperidine rings is 2. The predicted molar refractivity (Wildman–Crippen MR) is 135 cm³/mol. The first-order chi connectivity index (χ1) is 16.6. The van der Waals surface area contributed by atoms with E-state index in [1.54, 1.807) is 18.2 Å². The fourth-order valence-corrected chi connectivity index (χ4v) is 5.81. The number of carbonyl (C=O) groups is 1. The molecule has 2 fully saturated rings. The number of halogens is 1. The molecule has 4 heterocycles. The first-order valence-corrected chi connectivity index (χ1v) is 12.2. The fraction of sp³-hybridized carbons (Fsp3) is 0.464. The van der Waals surface area contributed by atoms with Crippen LogP contribution < -0.4 is 5.32 Å². The van der Waals surface area contributed by atoms with Crippen LogP contribution in [0.3, 0.4) is 0 Å². The first-order valence-electron chi connectivity index (χ1n) is 12.2. The SMILES string of the molecule is C=C1CN=C(c2cc3ccc(C(C)=O)nc3cc2O)C=CC1O[C@@H]1C[C@@]2(C)CCC[C@](C)(N2)[C@@H]1F. The van der Waals surface area contributed by atoms with Gasteiger partial charge in [-0.25, -0.2) is 9.37 Å². The minimum atomic E-state index is -1.11. The minimum absolute atomic E-state index is 0.0231. The number of phenols is 1. The Morgan fingerprint density at radius 3 is 2.86 bits per heavy atom. The number of nitrogens with one attached hydrogen (secondary N) is 1. The highest BCUT2D eigenvalue weighted by Crippen LogP contribution is 2.43. The zero-order valence-corrected chi connectivity index (χ0v) is 20.5. The maximum Gasteiger partial charge on any atom is 0.178 e. The van der Waals surface area contributed by atoms with Gasteiger partial charge in [0.15, 0.2) is 5.78 Å². The van der Waals surface area contributed by atoms with Crippen LogP contribution in [-0.2, 0) is 4.74 Å². The standard InChI is InChI=1S/C28H32FN3O3/c1-16-15-30-21(19-12-18-6-7-20(17(2)33)31-22(18)13-23(19)34)8-9-24(16)35-25-14-27(3)10-5-11-28(4,32-27)26(25)29/h6-9,12-13,24-26,32,34H,1,5,10-11,14-15H2,2-4H3/t24?,25-,26-,27-,28+/m1/s1. The average molecular weight is 478 g/mol. The summed E-state index contributed by atoms with van der Waals surface area (Å²) < 4.78 is 21.9. The van der Waals surface area contributed by atoms with E-state index >= 15 is 4.39 Å². The van der Waals surface area contributed by atoms with Crippen molar-refractivity contribution in [2.75, 3.05) is 6.54 Å². The number of ketones is 1. The summed E-state index contributed by atoms with van der Waals surface area (Å²) >= 11 is 0. The summed E-state index contributed by atoms with van der Waals surface area (Å²) in [4.78, 5) is 20.6. The van der Waals surface area contributed by atoms with Gasteiger partial charge in [0.2, 0.25) is 0 Å². The second-order valence-electron chi connectivity index (χ2n) is 10.7. The quantitative estimate of drug-likeness (QED) is 0.486. The van der Waals surface area contributed by atoms with E-state index in [9.17, 15) is 9.90 Å². The van der Waals surface area contributed by atoms with Gasteiger partial charge in [0, 0.05) is 35.0 Å². The number of carbonyl (C=O) groups excluding carboxylic acids is 1. The summed E-state index contributed by atoms with van der Waals surface area (Å²) in [5, 5.41) is 15.0. The minimum Gasteiger partial charge on any atom is -0.507 e. The largest absolute Gasteiger partial charge is 0.507 e. The molecule has 0 amide bonds. The normalized spacial score (nSPS) is 32.9. The molecule has 1 unspecified atom stereocenters. The molecular weight excluding hydrogens is 445 g/mol. The molecule has 0 radical (unpaired) electrons. The molecular formula is C28H32FN3O3. The summed E-state index contributed by atoms with van der Waals surface area (Å²) in [6.07, 6.45) is 4.97. The molecule has 2 N–H and O–H groups in total. The predicted octanol–water partition coefficient (Wildman–Crippen LogP) is 4.84. The number of alkyl halides is 1. The highest BCUT2D eigenvalue weighted by molar-refractivity contribution is 6.12. The van der Waals surface area contributed by atoms with E-state index in [2.05, 4.69) is 28.8 Å². The highest BCUT2D eigenvalue weighted by Gasteiger charge is 2.53. The molecule has 2 aromatic rings. The monoisotopic (exact) mass is 477 g/mol. The van der Waals surface area contributed by atoms with Gasteiger partial charge in [-0.1, -0.05) is 12.6 Å². The number of fused-ring (bicyclic) bond motifs is 3. The van der Waals surface area contributed by atoms with Crippen LogP contribution in [0.25, 0.3) is 10.9 Å². The number of rotatable bonds is 4. The summed E-state index contributed by atoms with van der Waals surface area (Å²) in [5.41, 5.74) is 2.06. The van der Waals surface area contributed by atoms with Crippen molar-refractivity contribution in [1.82, 2.24) is 10.3 Å². The van der Waals surface area contributed by atoms with Gasteiger partial charge < -0.3 is 15.2 Å². The zero-order chi connectivity index (χ0) is 25.0. The van der Waals surface area contributed by atoms with Gasteiger partial charge in [-0.05, 0) is 69.4 Å². The topological polar surface area (TPSA) is 83.8 Å². The molecule has 0 spiro atoms. The van der Waals surface area contributed by atoms with Gasteiger partial charge in [0.1, 0.15) is 17.6 Å². The zero-order valence-electron chi connectivity index (χ0n) is 20.5. The third-order valence-electron chi connectivity index (χ3n) is 7.65. The number of allylic oxidation sites excluding steroid dienone is 1. The summed E-state index contributed by atoms with van der Waals surface area (Å²) in [6, 6.07) is 6.83. The molecule has 1 aromatic carbocycles. The van der Waals surface area contributed by atoms with Gasteiger partial charge in [-0.2, -0.15) is 0 Å². The van der Waals surface area contributed by atoms with Gasteiger partial charge in [0.05, 0.1) is 30.0 Å². The molecule has 35 heavy (non-hydrogen) atoms. The van der Waals surface area contributed by atoms with Crippen LogP contribution in [0.5, 0.6) is 5.75 Å². The third kappa shape index (κ3) is 4.43. The Kier molecular flexibility index (Phi) is 5.88. The van der Waals surface area contributed by atoms with Crippen molar-refractivity contribution in [3.8, 4) is 5.75 Å². The maximum absolute atomic E-state index is 15.5. The van der Waals surface area contributed by atoms with Crippen molar-refractivity contribution >= 4 is 22.4 Å². The molecule has 3 aliphatic rings. The third-order valence-corrected chi connectivity index (χ3v) is 7.65. The van der Waals surface area contributed by atoms with Crippen molar-refractivity contribution < 1.29 is 19.0 Å². The lowest BCUT2D eigenvalue weighted by atomic mass is 9.69. The Morgan fingerprint density at radius 2 is 2.09 bits per heavy atom. The van der Waals surface area contributed by atoms with Crippen LogP contribution in [0.1, 0.15) is 62.5 Å². The first kappa shape index (κ1) is 23.8. The Hall–Kier alpha value is -2.90. The summed E-state index contributed by atoms with van der Waals surface area (Å²) in [5.74, 6) is -0.109. The Balaban J connectivity index is 1.39. The molecule has 6 nitrogen and oxygen atoms in total. The summed E-state index contributed by atoms with van der Waals surface area (Å²) in [6.45, 7) is 10.0. The smallest absolute Gasteiger partial charge is 0.178 e. The van der Waals surface area contributed by atoms with E-state index in [-0.39, 0.29) is 17.1 Å². The van der Waals surface area contributed by atoms with Gasteiger partial charge in [-0.15, -0.1) is 0 Å². The van der Waals surface area contributed by atoms with Crippen LogP contribution >= 0.6 is 0 Å². The Labute approximate surface area is 205 Å². The number of aromatic nitrogens is 1. The van der Waals surface area contributed by atoms with Gasteiger partial charge in [-0.3, -0.25) is 9.79 Å². The molecule has 184 valence electrons. The molecule has 2 saturated heterocycles. The van der Waals surface area contributed by atoms with Crippen LogP contribution in [-0.4, -0.2) is 57.6 Å². The molecule has 1 aromatic heterocycles. The lowest BCUT2D eigenvalue weighted by Crippen LogP contribution is -2.70. The number of aromatic hydroxyl groups is 1. The second-order valence-corrected chi connectivity index (χ2v) is 10.7. The van der Waals surface area contributed by atoms with Gasteiger partial charge in [0.25, 0.3) is 0 Å². The number of phenolic OH excluding ortho intramolecular Hbond substituents is 1. The molecule has 0 saturated carbocycles. The number of benzene rings is 1. The van der Waals surface area contributed by atoms with E-state index < -0.39 is 23.9 Å². The Morgan fingerprint density at radius 1 is 1.29 bits per heavy atom. The molecule has 5 atom stereocenters. The van der Waals surface area contributed by atoms with Crippen LogP contribution in [0, 0.1) is 0 Å². The molecule has 5 rings (SSSR count). The maximum atomic E-state index is 15.5. The molecule has 7 heteroatoms. The summed E-state index contributed by atoms with van der Waals surface area (Å²) in [7, 11) is 0. The van der Waals surface area contributed by atoms with Crippen LogP contribution in [0.2, 0.25) is 0 Å². The van der Waals surface area contributed by atoms with E-state index in [1.165, 1.54) is 6.92 Å². The van der Waals surface area contributed by atoms with Crippen LogP contribution in [0.15, 0.2) is 53.6 Å². The number of aliphatic imine (C=N–C) groups is 1. The number of nitrogens with zero attached hydrogens (tertiary/aromatic N) is 2. The number of pyridine rings is 1. The van der Waals surface area contributed by atoms with Crippen molar-refractivity contribution in [2.24, 2.45) is 4.99 Å². The number of Topliss-reactive ketones (excluding diaryl/α,β-unsaturated/α-hetero) is 1. The number of ether oxygens (including phenoxy) is 1. The lowest BCUT2D eigenvalue weighted by molar-refractivity contribution is -0.113. The number of hydrogen-bond donors (Lipinski definition) is 2. The molecule has 3 aliphatic heterocycles. The Bertz CT molecular complexity index is 1270. The van der Waals surface area contributed by atoms with E-state index in [4.69, 9.17) is 4.74 Å². The van der Waals surface area contributed by atoms with Crippen molar-refractivity contribution in [1.29, 1.82) is 0 Å².